The molecule has 0 aliphatic rings. The van der Waals surface area contributed by atoms with Crippen molar-refractivity contribution in [2.24, 2.45) is 0 Å². The molecule has 0 aromatic rings. The van der Waals surface area contributed by atoms with Gasteiger partial charge in [0.05, 0.1) is 6.07 Å². The number of nitriles is 1. The van der Waals surface area contributed by atoms with Crippen LogP contribution in [0.5, 0.6) is 0 Å². The van der Waals surface area contributed by atoms with Crippen molar-refractivity contribution in [3.8, 4) is 6.07 Å². The van der Waals surface area contributed by atoms with E-state index in [4.69, 9.17) is 5.26 Å². The molecule has 1 atom stereocenters. The summed E-state index contributed by atoms with van der Waals surface area (Å²) in [7, 11) is 1.88. The second kappa shape index (κ2) is 7.14. The molecule has 0 bridgehead atoms. The first-order valence-corrected chi connectivity index (χ1v) is 6.37. The third kappa shape index (κ3) is 4.88. The van der Waals surface area contributed by atoms with E-state index in [1.807, 2.05) is 18.8 Å². The van der Waals surface area contributed by atoms with E-state index in [0.717, 1.165) is 25.0 Å². The minimum Gasteiger partial charge on any atom is -0.302 e. The van der Waals surface area contributed by atoms with E-state index in [0.29, 0.717) is 5.25 Å². The van der Waals surface area contributed by atoms with Crippen LogP contribution >= 0.6 is 11.8 Å². The molecule has 0 spiro atoms. The summed E-state index contributed by atoms with van der Waals surface area (Å²) < 4.78 is 0. The van der Waals surface area contributed by atoms with Crippen LogP contribution in [-0.2, 0) is 0 Å². The molecule has 0 saturated heterocycles. The first-order valence-electron chi connectivity index (χ1n) is 5.32. The van der Waals surface area contributed by atoms with Gasteiger partial charge in [-0.05, 0) is 37.3 Å². The Bertz CT molecular complexity index is 180. The van der Waals surface area contributed by atoms with Gasteiger partial charge in [0.1, 0.15) is 5.54 Å². The topological polar surface area (TPSA) is 35.8 Å². The van der Waals surface area contributed by atoms with Gasteiger partial charge in [-0.2, -0.15) is 17.0 Å². The molecule has 0 heterocycles. The summed E-state index contributed by atoms with van der Waals surface area (Å²) in [4.78, 5) is 0. The van der Waals surface area contributed by atoms with Crippen LogP contribution in [0.15, 0.2) is 0 Å². The molecular formula is C11H22N2S. The van der Waals surface area contributed by atoms with Crippen molar-refractivity contribution in [1.82, 2.24) is 5.32 Å². The van der Waals surface area contributed by atoms with Crippen LogP contribution in [0.3, 0.4) is 0 Å². The Kier molecular flexibility index (Phi) is 7.04. The van der Waals surface area contributed by atoms with Crippen LogP contribution in [0.1, 0.15) is 40.0 Å². The first kappa shape index (κ1) is 13.8. The third-order valence-electron chi connectivity index (χ3n) is 2.50. The highest BCUT2D eigenvalue weighted by molar-refractivity contribution is 7.99. The summed E-state index contributed by atoms with van der Waals surface area (Å²) in [6.45, 7) is 6.48. The van der Waals surface area contributed by atoms with Gasteiger partial charge in [0, 0.05) is 0 Å². The van der Waals surface area contributed by atoms with E-state index < -0.39 is 0 Å². The van der Waals surface area contributed by atoms with Gasteiger partial charge in [0.2, 0.25) is 0 Å². The lowest BCUT2D eigenvalue weighted by Crippen LogP contribution is -2.40. The lowest BCUT2D eigenvalue weighted by molar-refractivity contribution is 0.400. The van der Waals surface area contributed by atoms with Crippen molar-refractivity contribution in [2.45, 2.75) is 50.8 Å². The van der Waals surface area contributed by atoms with Gasteiger partial charge in [0.15, 0.2) is 0 Å². The number of hydrogen-bond acceptors (Lipinski definition) is 3. The van der Waals surface area contributed by atoms with Crippen LogP contribution in [0.4, 0.5) is 0 Å². The normalized spacial score (nSPS) is 15.1. The zero-order valence-electron chi connectivity index (χ0n) is 9.76. The largest absolute Gasteiger partial charge is 0.302 e. The second-order valence-electron chi connectivity index (χ2n) is 3.82. The predicted octanol–water partition coefficient (Wildman–Crippen LogP) is 2.80. The molecule has 1 unspecified atom stereocenters. The Morgan fingerprint density at radius 1 is 1.50 bits per heavy atom. The minimum atomic E-state index is -0.294. The highest BCUT2D eigenvalue weighted by atomic mass is 32.2. The van der Waals surface area contributed by atoms with Gasteiger partial charge in [-0.15, -0.1) is 0 Å². The second-order valence-corrected chi connectivity index (χ2v) is 5.50. The third-order valence-corrected chi connectivity index (χ3v) is 3.69. The summed E-state index contributed by atoms with van der Waals surface area (Å²) in [5.41, 5.74) is -0.294. The number of nitrogens with zero attached hydrogens (tertiary/aromatic N) is 1. The van der Waals surface area contributed by atoms with Crippen LogP contribution in [0.25, 0.3) is 0 Å². The summed E-state index contributed by atoms with van der Waals surface area (Å²) in [5.74, 6) is 1.16. The number of hydrogen-bond donors (Lipinski definition) is 1. The van der Waals surface area contributed by atoms with E-state index in [-0.39, 0.29) is 5.54 Å². The maximum atomic E-state index is 9.07. The average Bonchev–Trinajstić information content (AvgIpc) is 2.19. The molecule has 0 aromatic carbocycles. The highest BCUT2D eigenvalue weighted by Crippen LogP contribution is 2.19. The van der Waals surface area contributed by atoms with Crippen LogP contribution in [-0.4, -0.2) is 23.6 Å². The molecule has 0 aromatic heterocycles. The molecule has 0 rings (SSSR count). The quantitative estimate of drug-likeness (QED) is 0.662. The molecule has 3 heteroatoms. The molecular weight excluding hydrogens is 192 g/mol. The van der Waals surface area contributed by atoms with Crippen molar-refractivity contribution < 1.29 is 0 Å². The summed E-state index contributed by atoms with van der Waals surface area (Å²) in [6, 6.07) is 2.38. The van der Waals surface area contributed by atoms with Gasteiger partial charge < -0.3 is 5.32 Å². The smallest absolute Gasteiger partial charge is 0.106 e. The molecule has 0 amide bonds. The maximum Gasteiger partial charge on any atom is 0.106 e. The van der Waals surface area contributed by atoms with Crippen molar-refractivity contribution in [2.75, 3.05) is 12.8 Å². The molecule has 14 heavy (non-hydrogen) atoms. The van der Waals surface area contributed by atoms with Gasteiger partial charge >= 0.3 is 0 Å². The standard InChI is InChI=1S/C11H22N2S/c1-5-11(9-12,13-4)7-6-8-14-10(2)3/h10,13H,5-8H2,1-4H3. The fourth-order valence-corrected chi connectivity index (χ4v) is 2.14. The maximum absolute atomic E-state index is 9.07. The zero-order valence-corrected chi connectivity index (χ0v) is 10.6. The van der Waals surface area contributed by atoms with E-state index in [9.17, 15) is 0 Å². The van der Waals surface area contributed by atoms with Crippen LogP contribution in [0, 0.1) is 11.3 Å². The fraction of sp³-hybridized carbons (Fsp3) is 0.909. The molecule has 0 aliphatic carbocycles. The van der Waals surface area contributed by atoms with Crippen molar-refractivity contribution >= 4 is 11.8 Å². The van der Waals surface area contributed by atoms with E-state index in [2.05, 4.69) is 32.2 Å². The summed E-state index contributed by atoms with van der Waals surface area (Å²) in [6.07, 6.45) is 2.95. The van der Waals surface area contributed by atoms with Crippen molar-refractivity contribution in [3.63, 3.8) is 0 Å². The Labute approximate surface area is 92.5 Å². The molecule has 0 saturated carbocycles. The predicted molar refractivity (Wildman–Crippen MR) is 64.5 cm³/mol. The Hall–Kier alpha value is -0.200. The number of thioether (sulfide) groups is 1. The zero-order chi connectivity index (χ0) is 11.0. The Morgan fingerprint density at radius 2 is 2.14 bits per heavy atom. The van der Waals surface area contributed by atoms with Crippen molar-refractivity contribution in [1.29, 1.82) is 5.26 Å². The molecule has 1 N–H and O–H groups in total. The highest BCUT2D eigenvalue weighted by Gasteiger charge is 2.24. The van der Waals surface area contributed by atoms with E-state index in [1.165, 1.54) is 0 Å². The minimum absolute atomic E-state index is 0.294. The average molecular weight is 214 g/mol. The van der Waals surface area contributed by atoms with Crippen LogP contribution in [0.2, 0.25) is 0 Å². The van der Waals surface area contributed by atoms with Crippen molar-refractivity contribution in [3.05, 3.63) is 0 Å². The fourth-order valence-electron chi connectivity index (χ4n) is 1.36. The number of nitrogens with one attached hydrogen (secondary N) is 1. The first-order chi connectivity index (χ1) is 6.60. The molecule has 0 radical (unpaired) electrons. The van der Waals surface area contributed by atoms with Gasteiger partial charge in [-0.1, -0.05) is 20.8 Å². The van der Waals surface area contributed by atoms with Gasteiger partial charge in [0.25, 0.3) is 0 Å². The molecule has 2 nitrogen and oxygen atoms in total. The number of rotatable bonds is 7. The monoisotopic (exact) mass is 214 g/mol. The lowest BCUT2D eigenvalue weighted by atomic mass is 9.93. The molecule has 82 valence electrons. The van der Waals surface area contributed by atoms with Gasteiger partial charge in [-0.3, -0.25) is 0 Å². The van der Waals surface area contributed by atoms with Crippen LogP contribution < -0.4 is 5.32 Å². The summed E-state index contributed by atoms with van der Waals surface area (Å²) >= 11 is 1.97. The summed E-state index contributed by atoms with van der Waals surface area (Å²) in [5, 5.41) is 12.9. The van der Waals surface area contributed by atoms with E-state index >= 15 is 0 Å². The molecule has 0 aliphatic heterocycles. The van der Waals surface area contributed by atoms with E-state index in [1.54, 1.807) is 0 Å². The molecule has 0 fully saturated rings. The van der Waals surface area contributed by atoms with Gasteiger partial charge in [-0.25, -0.2) is 0 Å². The Balaban J connectivity index is 3.79. The SMILES string of the molecule is CCC(C#N)(CCCSC(C)C)NC. The Morgan fingerprint density at radius 3 is 2.50 bits per heavy atom. The lowest BCUT2D eigenvalue weighted by Gasteiger charge is -2.24.